The Morgan fingerprint density at radius 2 is 1.79 bits per heavy atom. The van der Waals surface area contributed by atoms with E-state index in [1.54, 1.807) is 6.07 Å². The monoisotopic (exact) mass is 530 g/mol. The zero-order valence-electron chi connectivity index (χ0n) is 22.3. The van der Waals surface area contributed by atoms with Crippen molar-refractivity contribution < 1.29 is 8.78 Å². The Morgan fingerprint density at radius 1 is 0.974 bits per heavy atom. The molecule has 1 N–H and O–H groups in total. The fourth-order valence-corrected chi connectivity index (χ4v) is 6.01. The fourth-order valence-electron chi connectivity index (χ4n) is 6.01. The third-order valence-electron chi connectivity index (χ3n) is 8.31. The van der Waals surface area contributed by atoms with Crippen LogP contribution in [0.4, 0.5) is 20.5 Å². The summed E-state index contributed by atoms with van der Waals surface area (Å²) >= 11 is 0. The molecule has 5 heterocycles. The number of pyridine rings is 1. The standard InChI is InChI=1S/C29H32F2N8/c1-29(2)8-7-25-35-27-21(30)13-19(14-23(27)39(25)29)26-22(31)16-33-28(36-26)34-24-6-3-18(15-32-24)17-37-9-11-38(12-10-37)20-4-5-20/h3,6,13-16,20H,4-5,7-12,17H2,1-2H3,(H,32,33,34,36). The van der Waals surface area contributed by atoms with E-state index in [-0.39, 0.29) is 17.2 Å². The predicted molar refractivity (Wildman–Crippen MR) is 146 cm³/mol. The molecule has 202 valence electrons. The van der Waals surface area contributed by atoms with E-state index in [1.807, 2.05) is 18.3 Å². The largest absolute Gasteiger partial charge is 0.322 e. The second kappa shape index (κ2) is 9.31. The molecule has 3 aliphatic rings. The lowest BCUT2D eigenvalue weighted by Crippen LogP contribution is -2.46. The van der Waals surface area contributed by atoms with Gasteiger partial charge in [-0.1, -0.05) is 6.07 Å². The molecule has 1 aliphatic carbocycles. The van der Waals surface area contributed by atoms with Gasteiger partial charge in [0.2, 0.25) is 5.95 Å². The Balaban J connectivity index is 1.09. The van der Waals surface area contributed by atoms with Crippen molar-refractivity contribution in [2.75, 3.05) is 31.5 Å². The number of halogens is 2. The molecule has 4 aromatic rings. The number of benzene rings is 1. The Morgan fingerprint density at radius 3 is 2.54 bits per heavy atom. The van der Waals surface area contributed by atoms with Gasteiger partial charge in [0.15, 0.2) is 11.6 Å². The number of hydrogen-bond acceptors (Lipinski definition) is 7. The lowest BCUT2D eigenvalue weighted by Gasteiger charge is -2.34. The van der Waals surface area contributed by atoms with Crippen molar-refractivity contribution in [1.29, 1.82) is 0 Å². The lowest BCUT2D eigenvalue weighted by atomic mass is 10.0. The third kappa shape index (κ3) is 4.65. The van der Waals surface area contributed by atoms with Crippen molar-refractivity contribution in [1.82, 2.24) is 34.3 Å². The average molecular weight is 531 g/mol. The highest BCUT2D eigenvalue weighted by Crippen LogP contribution is 2.38. The Hall–Kier alpha value is -3.50. The summed E-state index contributed by atoms with van der Waals surface area (Å²) in [7, 11) is 0. The quantitative estimate of drug-likeness (QED) is 0.381. The lowest BCUT2D eigenvalue weighted by molar-refractivity contribution is 0.121. The maximum atomic E-state index is 15.1. The Bertz CT molecular complexity index is 1540. The molecule has 1 aromatic carbocycles. The first kappa shape index (κ1) is 24.5. The van der Waals surface area contributed by atoms with Gasteiger partial charge in [-0.15, -0.1) is 0 Å². The number of rotatable bonds is 6. The molecule has 39 heavy (non-hydrogen) atoms. The maximum Gasteiger partial charge on any atom is 0.229 e. The topological polar surface area (TPSA) is 75.0 Å². The van der Waals surface area contributed by atoms with E-state index in [2.05, 4.69) is 53.5 Å². The van der Waals surface area contributed by atoms with Crippen LogP contribution in [0.15, 0.2) is 36.7 Å². The zero-order chi connectivity index (χ0) is 26.7. The van der Waals surface area contributed by atoms with Crippen LogP contribution >= 0.6 is 0 Å². The molecule has 10 heteroatoms. The van der Waals surface area contributed by atoms with E-state index in [4.69, 9.17) is 0 Å². The molecule has 0 amide bonds. The number of nitrogens with zero attached hydrogens (tertiary/aromatic N) is 7. The minimum Gasteiger partial charge on any atom is -0.322 e. The second-order valence-electron chi connectivity index (χ2n) is 11.6. The van der Waals surface area contributed by atoms with Gasteiger partial charge in [-0.2, -0.15) is 0 Å². The molecule has 1 saturated heterocycles. The molecule has 0 unspecified atom stereocenters. The first-order valence-corrected chi connectivity index (χ1v) is 13.8. The molecule has 7 rings (SSSR count). The molecular weight excluding hydrogens is 498 g/mol. The molecule has 2 aliphatic heterocycles. The van der Waals surface area contributed by atoms with Crippen molar-refractivity contribution in [3.8, 4) is 11.3 Å². The van der Waals surface area contributed by atoms with E-state index in [0.717, 1.165) is 69.2 Å². The highest BCUT2D eigenvalue weighted by atomic mass is 19.1. The summed E-state index contributed by atoms with van der Waals surface area (Å²) < 4.78 is 32.1. The van der Waals surface area contributed by atoms with E-state index >= 15 is 4.39 Å². The first-order valence-electron chi connectivity index (χ1n) is 13.8. The van der Waals surface area contributed by atoms with Crippen LogP contribution in [0.3, 0.4) is 0 Å². The summed E-state index contributed by atoms with van der Waals surface area (Å²) in [5, 5.41) is 3.07. The zero-order valence-corrected chi connectivity index (χ0v) is 22.3. The number of anilines is 2. The van der Waals surface area contributed by atoms with E-state index < -0.39 is 11.6 Å². The number of nitrogens with one attached hydrogen (secondary N) is 1. The van der Waals surface area contributed by atoms with Crippen LogP contribution in [0.5, 0.6) is 0 Å². The van der Waals surface area contributed by atoms with E-state index in [1.165, 1.54) is 18.9 Å². The number of hydrogen-bond donors (Lipinski definition) is 1. The van der Waals surface area contributed by atoms with Gasteiger partial charge in [0, 0.05) is 62.5 Å². The van der Waals surface area contributed by atoms with Gasteiger partial charge in [-0.25, -0.2) is 28.7 Å². The normalized spacial score (nSPS) is 19.5. The molecule has 2 fully saturated rings. The van der Waals surface area contributed by atoms with Crippen molar-refractivity contribution >= 4 is 22.8 Å². The Labute approximate surface area is 226 Å². The number of aryl methyl sites for hydroxylation is 1. The van der Waals surface area contributed by atoms with Crippen molar-refractivity contribution in [2.24, 2.45) is 0 Å². The van der Waals surface area contributed by atoms with Gasteiger partial charge in [0.1, 0.15) is 22.9 Å². The van der Waals surface area contributed by atoms with Crippen LogP contribution in [-0.4, -0.2) is 66.5 Å². The van der Waals surface area contributed by atoms with Gasteiger partial charge in [-0.05, 0) is 56.9 Å². The van der Waals surface area contributed by atoms with Gasteiger partial charge in [0.25, 0.3) is 0 Å². The average Bonchev–Trinajstić information content (AvgIpc) is 3.63. The molecule has 0 bridgehead atoms. The number of aromatic nitrogens is 5. The van der Waals surface area contributed by atoms with Gasteiger partial charge in [-0.3, -0.25) is 9.80 Å². The number of imidazole rings is 1. The van der Waals surface area contributed by atoms with Crippen LogP contribution < -0.4 is 5.32 Å². The minimum atomic E-state index is -0.621. The highest BCUT2D eigenvalue weighted by Gasteiger charge is 2.33. The summed E-state index contributed by atoms with van der Waals surface area (Å²) in [5.41, 5.74) is 2.29. The SMILES string of the molecule is CC1(C)CCc2nc3c(F)cc(-c4nc(Nc5ccc(CN6CCN(C7CC7)CC6)cn5)ncc4F)cc3n21. The molecule has 0 spiro atoms. The summed E-state index contributed by atoms with van der Waals surface area (Å²) in [6.07, 6.45) is 7.38. The Kier molecular flexibility index (Phi) is 5.85. The van der Waals surface area contributed by atoms with Gasteiger partial charge in [0.05, 0.1) is 11.7 Å². The van der Waals surface area contributed by atoms with E-state index in [0.29, 0.717) is 22.4 Å². The molecule has 3 aromatic heterocycles. The third-order valence-corrected chi connectivity index (χ3v) is 8.31. The summed E-state index contributed by atoms with van der Waals surface area (Å²) in [4.78, 5) is 22.6. The maximum absolute atomic E-state index is 15.1. The molecule has 0 radical (unpaired) electrons. The number of piperazine rings is 1. The van der Waals surface area contributed by atoms with Crippen molar-refractivity contribution in [3.05, 3.63) is 59.7 Å². The van der Waals surface area contributed by atoms with Crippen LogP contribution in [-0.2, 0) is 18.5 Å². The molecule has 0 atom stereocenters. The predicted octanol–water partition coefficient (Wildman–Crippen LogP) is 4.87. The van der Waals surface area contributed by atoms with Gasteiger partial charge >= 0.3 is 0 Å². The summed E-state index contributed by atoms with van der Waals surface area (Å²) in [6.45, 7) is 9.52. The highest BCUT2D eigenvalue weighted by molar-refractivity contribution is 5.83. The minimum absolute atomic E-state index is 0.0293. The summed E-state index contributed by atoms with van der Waals surface area (Å²) in [5.74, 6) is 0.504. The number of fused-ring (bicyclic) bond motifs is 3. The second-order valence-corrected chi connectivity index (χ2v) is 11.6. The first-order chi connectivity index (χ1) is 18.8. The van der Waals surface area contributed by atoms with Crippen molar-refractivity contribution in [2.45, 2.75) is 57.7 Å². The summed E-state index contributed by atoms with van der Waals surface area (Å²) in [6, 6.07) is 7.82. The molecule has 8 nitrogen and oxygen atoms in total. The smallest absolute Gasteiger partial charge is 0.229 e. The molecule has 1 saturated carbocycles. The van der Waals surface area contributed by atoms with Crippen LogP contribution in [0.25, 0.3) is 22.3 Å². The fraction of sp³-hybridized carbons (Fsp3) is 0.448. The van der Waals surface area contributed by atoms with Crippen molar-refractivity contribution in [3.63, 3.8) is 0 Å². The van der Waals surface area contributed by atoms with Crippen LogP contribution in [0.2, 0.25) is 0 Å². The molecular formula is C29H32F2N8. The van der Waals surface area contributed by atoms with E-state index in [9.17, 15) is 4.39 Å². The van der Waals surface area contributed by atoms with Gasteiger partial charge < -0.3 is 9.88 Å². The van der Waals surface area contributed by atoms with Crippen LogP contribution in [0.1, 0.15) is 44.5 Å². The van der Waals surface area contributed by atoms with Crippen LogP contribution in [0, 0.1) is 11.6 Å².